The molecule has 0 fully saturated rings. The molecule has 2 aromatic carbocycles. The fraction of sp³-hybridized carbons (Fsp3) is 0.667. The molecule has 0 aliphatic carbocycles. The molecule has 0 radical (unpaired) electrons. The molecule has 0 heterocycles. The van der Waals surface area contributed by atoms with Crippen molar-refractivity contribution in [3.63, 3.8) is 0 Å². The van der Waals surface area contributed by atoms with Crippen LogP contribution in [-0.2, 0) is 44.9 Å². The number of benzene rings is 2. The first-order valence-electron chi connectivity index (χ1n) is 20.2. The first-order chi connectivity index (χ1) is 25.7. The summed E-state index contributed by atoms with van der Waals surface area (Å²) in [5, 5.41) is -0.0231. The molecule has 0 aromatic heterocycles. The minimum atomic E-state index is -2.39. The van der Waals surface area contributed by atoms with E-state index in [1.165, 1.54) is 9.14 Å². The van der Waals surface area contributed by atoms with Crippen molar-refractivity contribution in [2.45, 2.75) is 144 Å². The zero-order valence-corrected chi connectivity index (χ0v) is 41.0. The van der Waals surface area contributed by atoms with E-state index in [1.807, 2.05) is 31.2 Å². The Morgan fingerprint density at radius 3 is 2.15 bits per heavy atom. The van der Waals surface area contributed by atoms with Gasteiger partial charge in [0.1, 0.15) is 12.5 Å². The molecule has 0 N–H and O–H groups in total. The van der Waals surface area contributed by atoms with Crippen LogP contribution in [0.2, 0.25) is 33.0 Å². The molecule has 8 nitrogen and oxygen atoms in total. The Labute approximate surface area is 340 Å². The molecule has 312 valence electrons. The molecule has 0 amide bonds. The molecule has 10 heteroatoms. The summed E-state index contributed by atoms with van der Waals surface area (Å²) >= 11 is -2.39. The summed E-state index contributed by atoms with van der Waals surface area (Å²) in [7, 11) is 1.05. The van der Waals surface area contributed by atoms with Crippen molar-refractivity contribution in [1.82, 2.24) is 0 Å². The third-order valence-corrected chi connectivity index (χ3v) is 21.5. The van der Waals surface area contributed by atoms with Gasteiger partial charge >= 0.3 is 239 Å². The Kier molecular flexibility index (Phi) is 20.7. The van der Waals surface area contributed by atoms with Gasteiger partial charge in [0.05, 0.1) is 26.9 Å². The van der Waals surface area contributed by atoms with Crippen molar-refractivity contribution in [3.05, 3.63) is 71.3 Å². The number of carbonyl (C=O) groups is 1. The van der Waals surface area contributed by atoms with Crippen LogP contribution in [0.1, 0.15) is 92.2 Å². The van der Waals surface area contributed by atoms with Crippen LogP contribution in [0.15, 0.2) is 60.2 Å². The van der Waals surface area contributed by atoms with Crippen LogP contribution in [0.5, 0.6) is 5.75 Å². The molecule has 2 aromatic rings. The molecule has 0 saturated carbocycles. The van der Waals surface area contributed by atoms with E-state index in [9.17, 15) is 4.79 Å². The van der Waals surface area contributed by atoms with Crippen molar-refractivity contribution < 1.29 is 37.6 Å². The number of hydrogen-bond donors (Lipinski definition) is 0. The van der Waals surface area contributed by atoms with E-state index >= 15 is 0 Å². The van der Waals surface area contributed by atoms with Crippen molar-refractivity contribution in [1.29, 1.82) is 0 Å². The Morgan fingerprint density at radius 1 is 0.909 bits per heavy atom. The number of rotatable bonds is 25. The van der Waals surface area contributed by atoms with Crippen molar-refractivity contribution >= 4 is 36.2 Å². The Bertz CT molecular complexity index is 1440. The van der Waals surface area contributed by atoms with Crippen molar-refractivity contribution in [2.24, 2.45) is 5.92 Å². The summed E-state index contributed by atoms with van der Waals surface area (Å²) in [5.74, 6) is 0.786. The van der Waals surface area contributed by atoms with Crippen LogP contribution in [0.25, 0.3) is 0 Å². The second-order valence-corrected chi connectivity index (χ2v) is 37.2. The van der Waals surface area contributed by atoms with E-state index in [-0.39, 0.29) is 35.9 Å². The third-order valence-electron chi connectivity index (χ3n) is 11.1. The molecular weight excluding hydrogens is 815 g/mol. The van der Waals surface area contributed by atoms with Crippen LogP contribution < -0.4 is 8.32 Å². The summed E-state index contributed by atoms with van der Waals surface area (Å²) in [6, 6.07) is 17.0. The molecule has 0 aliphatic heterocycles. The second-order valence-electron chi connectivity index (χ2n) is 18.0. The fourth-order valence-electron chi connectivity index (χ4n) is 6.09. The Balaban J connectivity index is 2.61. The van der Waals surface area contributed by atoms with E-state index in [4.69, 9.17) is 32.8 Å². The summed E-state index contributed by atoms with van der Waals surface area (Å²) in [6.07, 6.45) is 3.75. The molecule has 2 rings (SSSR count). The molecule has 55 heavy (non-hydrogen) atoms. The molecule has 4 atom stereocenters. The van der Waals surface area contributed by atoms with Gasteiger partial charge in [0.25, 0.3) is 0 Å². The first-order valence-corrected chi connectivity index (χ1v) is 33.1. The fourth-order valence-corrected chi connectivity index (χ4v) is 10.9. The molecule has 0 saturated heterocycles. The quantitative estimate of drug-likeness (QED) is 0.0321. The Morgan fingerprint density at radius 2 is 1.58 bits per heavy atom. The van der Waals surface area contributed by atoms with Crippen LogP contribution in [0.3, 0.4) is 0 Å². The minimum absolute atomic E-state index is 0.0231. The number of methoxy groups -OCH3 is 2. The topological polar surface area (TPSA) is 81.7 Å². The molecular formula is C45H76O8SiSn. The normalized spacial score (nSPS) is 15.4. The van der Waals surface area contributed by atoms with Crippen LogP contribution in [0, 0.1) is 5.92 Å². The summed E-state index contributed by atoms with van der Waals surface area (Å²) in [5.41, 5.74) is 2.91. The number of carbonyl (C=O) groups excluding carboxylic acids is 1. The summed E-state index contributed by atoms with van der Waals surface area (Å²) in [4.78, 5) is 20.5. The average molecular weight is 892 g/mol. The number of esters is 1. The van der Waals surface area contributed by atoms with Crippen LogP contribution >= 0.6 is 0 Å². The predicted octanol–water partition coefficient (Wildman–Crippen LogP) is 10.2. The third kappa shape index (κ3) is 16.6. The standard InChI is InChI=1S/C42H67O8Si.3CH3.Sn/c1-13-33(29-47-31-46-25-24-44-9)26-32(3)38(48-30-34-20-22-36(45-10)23-21-34)27-37(50-51(11,12)41(4,5)6)28-39(49-40(43)14-2)42(7,8)35-18-16-15-17-19-35;;;;/h15-16,18-23,26,33,37-39H,13-14,24-25,27-31H2,1-12H3;3*1H3;/b32-26-;;;;/t33-,37-,38+,39+;;;;/m1..../s1. The summed E-state index contributed by atoms with van der Waals surface area (Å²) < 4.78 is 44.1. The van der Waals surface area contributed by atoms with Gasteiger partial charge in [-0.1, -0.05) is 19.1 Å². The van der Waals surface area contributed by atoms with Crippen molar-refractivity contribution in [3.8, 4) is 5.75 Å². The van der Waals surface area contributed by atoms with Gasteiger partial charge < -0.3 is 18.9 Å². The van der Waals surface area contributed by atoms with Gasteiger partial charge in [0, 0.05) is 7.11 Å². The average Bonchev–Trinajstić information content (AvgIpc) is 3.12. The van der Waals surface area contributed by atoms with Gasteiger partial charge in [-0.05, 0) is 18.6 Å². The molecule has 0 spiro atoms. The SMILES string of the molecule is CCC(=O)O[C@@H](C[C@@H](C[C@H](OCc1ccc(OC)cc1)/C(C)=C\[C@@H](CC)COCOCCOC)O[Si](C)(C)C(C)(C)C)C(C)(C)c1ccc[c]([Sn]([CH3])([CH3])[CH3])c1. The summed E-state index contributed by atoms with van der Waals surface area (Å²) in [6.45, 7) is 24.3. The molecule has 0 bridgehead atoms. The monoisotopic (exact) mass is 892 g/mol. The van der Waals surface area contributed by atoms with Gasteiger partial charge in [-0.3, -0.25) is 0 Å². The van der Waals surface area contributed by atoms with E-state index in [0.717, 1.165) is 23.3 Å². The zero-order valence-electron chi connectivity index (χ0n) is 37.1. The number of ether oxygens (including phenoxy) is 6. The zero-order chi connectivity index (χ0) is 41.5. The van der Waals surface area contributed by atoms with Crippen molar-refractivity contribution in [2.75, 3.05) is 40.8 Å². The maximum atomic E-state index is 13.2. The van der Waals surface area contributed by atoms with E-state index in [2.05, 4.69) is 107 Å². The van der Waals surface area contributed by atoms with Crippen LogP contribution in [-0.4, -0.2) is 91.8 Å². The van der Waals surface area contributed by atoms with Gasteiger partial charge in [-0.2, -0.15) is 0 Å². The Hall–Kier alpha value is -1.73. The van der Waals surface area contributed by atoms with E-state index in [1.54, 1.807) is 14.2 Å². The van der Waals surface area contributed by atoms with Gasteiger partial charge in [-0.25, -0.2) is 0 Å². The second kappa shape index (κ2) is 23.0. The first kappa shape index (κ1) is 49.4. The molecule has 0 aliphatic rings. The maximum absolute atomic E-state index is 13.2. The van der Waals surface area contributed by atoms with Gasteiger partial charge in [0.15, 0.2) is 0 Å². The van der Waals surface area contributed by atoms with Crippen LogP contribution in [0.4, 0.5) is 0 Å². The van der Waals surface area contributed by atoms with Gasteiger partial charge in [-0.15, -0.1) is 0 Å². The number of hydrogen-bond acceptors (Lipinski definition) is 8. The van der Waals surface area contributed by atoms with E-state index in [0.29, 0.717) is 45.7 Å². The van der Waals surface area contributed by atoms with E-state index < -0.39 is 38.2 Å². The van der Waals surface area contributed by atoms with Gasteiger partial charge in [0.2, 0.25) is 0 Å². The predicted molar refractivity (Wildman–Crippen MR) is 232 cm³/mol. The molecule has 0 unspecified atom stereocenters.